The molecule has 2 atom stereocenters. The first kappa shape index (κ1) is 17.0. The van der Waals surface area contributed by atoms with Gasteiger partial charge in [0.25, 0.3) is 5.56 Å². The largest absolute Gasteiger partial charge is 0.463 e. The molecule has 124 valence electrons. The molecule has 0 radical (unpaired) electrons. The predicted molar refractivity (Wildman–Crippen MR) is 84.7 cm³/mol. The van der Waals surface area contributed by atoms with Crippen molar-refractivity contribution in [2.75, 3.05) is 6.61 Å². The first-order valence-electron chi connectivity index (χ1n) is 7.57. The van der Waals surface area contributed by atoms with E-state index in [1.54, 1.807) is 18.2 Å². The summed E-state index contributed by atoms with van der Waals surface area (Å²) in [4.78, 5) is 24.0. The van der Waals surface area contributed by atoms with Crippen molar-refractivity contribution in [3.63, 3.8) is 0 Å². The fourth-order valence-electron chi connectivity index (χ4n) is 2.16. The van der Waals surface area contributed by atoms with Crippen molar-refractivity contribution in [3.8, 4) is 11.5 Å². The number of aliphatic hydroxyl groups excluding tert-OH is 1. The molecule has 2 aromatic heterocycles. The van der Waals surface area contributed by atoms with Crippen LogP contribution in [0.1, 0.15) is 20.3 Å². The van der Waals surface area contributed by atoms with Crippen molar-refractivity contribution in [2.24, 2.45) is 5.92 Å². The second kappa shape index (κ2) is 7.73. The van der Waals surface area contributed by atoms with Crippen LogP contribution in [0, 0.1) is 5.92 Å². The molecule has 0 saturated heterocycles. The van der Waals surface area contributed by atoms with Crippen LogP contribution in [0.5, 0.6) is 0 Å². The zero-order valence-corrected chi connectivity index (χ0v) is 13.2. The number of furan rings is 1. The molecule has 0 fully saturated rings. The summed E-state index contributed by atoms with van der Waals surface area (Å²) in [6.07, 6.45) is 2.34. The molecule has 2 heterocycles. The van der Waals surface area contributed by atoms with Crippen LogP contribution in [0.25, 0.3) is 11.5 Å². The summed E-state index contributed by atoms with van der Waals surface area (Å²) < 4.78 is 6.32. The number of hydrogen-bond acceptors (Lipinski definition) is 5. The van der Waals surface area contributed by atoms with Gasteiger partial charge in [-0.25, -0.2) is 4.68 Å². The maximum atomic E-state index is 12.1. The van der Waals surface area contributed by atoms with Gasteiger partial charge in [-0.15, -0.1) is 0 Å². The molecule has 2 N–H and O–H groups in total. The van der Waals surface area contributed by atoms with E-state index < -0.39 is 0 Å². The van der Waals surface area contributed by atoms with Crippen molar-refractivity contribution in [2.45, 2.75) is 32.9 Å². The number of carbonyl (C=O) groups excluding carboxylic acids is 1. The van der Waals surface area contributed by atoms with E-state index in [2.05, 4.69) is 10.4 Å². The van der Waals surface area contributed by atoms with E-state index >= 15 is 0 Å². The van der Waals surface area contributed by atoms with Crippen molar-refractivity contribution in [1.82, 2.24) is 15.1 Å². The van der Waals surface area contributed by atoms with E-state index in [1.165, 1.54) is 12.3 Å². The third-order valence-corrected chi connectivity index (χ3v) is 3.81. The Kier molecular flexibility index (Phi) is 5.70. The molecule has 23 heavy (non-hydrogen) atoms. The minimum atomic E-state index is -0.375. The third-order valence-electron chi connectivity index (χ3n) is 3.81. The van der Waals surface area contributed by atoms with Gasteiger partial charge in [0.05, 0.1) is 18.9 Å². The molecule has 0 bridgehead atoms. The maximum Gasteiger partial charge on any atom is 0.267 e. The molecular weight excluding hydrogens is 298 g/mol. The Morgan fingerprint density at radius 1 is 1.43 bits per heavy atom. The number of hydrogen-bond donors (Lipinski definition) is 2. The number of nitrogens with one attached hydrogen (secondary N) is 1. The van der Waals surface area contributed by atoms with Crippen molar-refractivity contribution in [1.29, 1.82) is 0 Å². The fraction of sp³-hybridized carbons (Fsp3) is 0.438. The summed E-state index contributed by atoms with van der Waals surface area (Å²) in [5.74, 6) is 0.297. The van der Waals surface area contributed by atoms with Gasteiger partial charge in [0.15, 0.2) is 5.76 Å². The molecule has 2 aromatic rings. The smallest absolute Gasteiger partial charge is 0.267 e. The lowest BCUT2D eigenvalue weighted by Crippen LogP contribution is -2.44. The normalized spacial score (nSPS) is 13.5. The lowest BCUT2D eigenvalue weighted by atomic mass is 10.00. The number of rotatable bonds is 7. The van der Waals surface area contributed by atoms with Crippen molar-refractivity contribution >= 4 is 5.91 Å². The van der Waals surface area contributed by atoms with Gasteiger partial charge in [0.2, 0.25) is 5.91 Å². The number of aromatic nitrogens is 2. The summed E-state index contributed by atoms with van der Waals surface area (Å²) >= 11 is 0. The highest BCUT2D eigenvalue weighted by Crippen LogP contribution is 2.15. The Morgan fingerprint density at radius 2 is 2.22 bits per heavy atom. The van der Waals surface area contributed by atoms with Crippen LogP contribution >= 0.6 is 0 Å². The van der Waals surface area contributed by atoms with E-state index in [4.69, 9.17) is 4.42 Å². The second-order valence-electron chi connectivity index (χ2n) is 5.43. The minimum absolute atomic E-state index is 0.142. The average Bonchev–Trinajstić information content (AvgIpc) is 3.08. The van der Waals surface area contributed by atoms with E-state index in [0.717, 1.165) is 11.1 Å². The molecule has 0 spiro atoms. The molecule has 0 aliphatic heterocycles. The van der Waals surface area contributed by atoms with Crippen LogP contribution in [0.2, 0.25) is 0 Å². The highest BCUT2D eigenvalue weighted by Gasteiger charge is 2.18. The summed E-state index contributed by atoms with van der Waals surface area (Å²) in [7, 11) is 0. The molecule has 0 aromatic carbocycles. The number of nitrogens with zero attached hydrogens (tertiary/aromatic N) is 2. The Morgan fingerprint density at radius 3 is 2.83 bits per heavy atom. The van der Waals surface area contributed by atoms with Gasteiger partial charge in [0.1, 0.15) is 12.2 Å². The van der Waals surface area contributed by atoms with E-state index in [0.29, 0.717) is 11.5 Å². The van der Waals surface area contributed by atoms with Gasteiger partial charge in [-0.1, -0.05) is 20.3 Å². The van der Waals surface area contributed by atoms with E-state index in [9.17, 15) is 14.7 Å². The summed E-state index contributed by atoms with van der Waals surface area (Å²) in [6.45, 7) is 3.58. The highest BCUT2D eigenvalue weighted by atomic mass is 16.3. The fourth-order valence-corrected chi connectivity index (χ4v) is 2.16. The van der Waals surface area contributed by atoms with E-state index in [1.807, 2.05) is 13.8 Å². The summed E-state index contributed by atoms with van der Waals surface area (Å²) in [5.41, 5.74) is 0.0996. The Labute approximate surface area is 133 Å². The standard InChI is InChI=1S/C16H21N3O4/c1-3-11(2)13(10-20)17-15(21)9-19-16(22)7-6-12(18-19)14-5-4-8-23-14/h4-8,11,13,20H,3,9-10H2,1-2H3,(H,17,21)/t11-,13+/m1/s1. The molecule has 0 unspecified atom stereocenters. The first-order chi connectivity index (χ1) is 11.0. The van der Waals surface area contributed by atoms with Gasteiger partial charge in [0, 0.05) is 6.07 Å². The van der Waals surface area contributed by atoms with Crippen LogP contribution < -0.4 is 10.9 Å². The molecule has 7 nitrogen and oxygen atoms in total. The van der Waals surface area contributed by atoms with Crippen LogP contribution in [0.4, 0.5) is 0 Å². The van der Waals surface area contributed by atoms with Gasteiger partial charge in [-0.2, -0.15) is 5.10 Å². The van der Waals surface area contributed by atoms with Gasteiger partial charge in [-0.05, 0) is 24.1 Å². The molecular formula is C16H21N3O4. The molecule has 0 aliphatic rings. The lowest BCUT2D eigenvalue weighted by molar-refractivity contribution is -0.123. The minimum Gasteiger partial charge on any atom is -0.463 e. The van der Waals surface area contributed by atoms with Crippen LogP contribution in [0.3, 0.4) is 0 Å². The summed E-state index contributed by atoms with van der Waals surface area (Å²) in [5, 5.41) is 16.2. The summed E-state index contributed by atoms with van der Waals surface area (Å²) in [6, 6.07) is 6.00. The lowest BCUT2D eigenvalue weighted by Gasteiger charge is -2.22. The van der Waals surface area contributed by atoms with Crippen molar-refractivity contribution < 1.29 is 14.3 Å². The number of carbonyl (C=O) groups is 1. The van der Waals surface area contributed by atoms with E-state index in [-0.39, 0.29) is 36.6 Å². The highest BCUT2D eigenvalue weighted by molar-refractivity contribution is 5.76. The second-order valence-corrected chi connectivity index (χ2v) is 5.43. The average molecular weight is 319 g/mol. The van der Waals surface area contributed by atoms with Crippen LogP contribution in [0.15, 0.2) is 39.7 Å². The number of aliphatic hydroxyl groups is 1. The predicted octanol–water partition coefficient (Wildman–Crippen LogP) is 1.03. The third kappa shape index (κ3) is 4.29. The quantitative estimate of drug-likeness (QED) is 0.794. The molecule has 2 rings (SSSR count). The number of amides is 1. The Hall–Kier alpha value is -2.41. The van der Waals surface area contributed by atoms with Gasteiger partial charge in [-0.3, -0.25) is 9.59 Å². The molecule has 0 saturated carbocycles. The van der Waals surface area contributed by atoms with Gasteiger partial charge >= 0.3 is 0 Å². The van der Waals surface area contributed by atoms with Crippen molar-refractivity contribution in [3.05, 3.63) is 40.9 Å². The monoisotopic (exact) mass is 319 g/mol. The van der Waals surface area contributed by atoms with Crippen LogP contribution in [-0.2, 0) is 11.3 Å². The Balaban J connectivity index is 2.11. The van der Waals surface area contributed by atoms with Gasteiger partial charge < -0.3 is 14.8 Å². The SMILES string of the molecule is CC[C@@H](C)[C@H](CO)NC(=O)Cn1nc(-c2ccco2)ccc1=O. The Bertz CT molecular complexity index is 694. The van der Waals surface area contributed by atoms with Crippen LogP contribution in [-0.4, -0.2) is 33.4 Å². The molecule has 1 amide bonds. The first-order valence-corrected chi connectivity index (χ1v) is 7.57. The zero-order valence-electron chi connectivity index (χ0n) is 13.2. The molecule has 7 heteroatoms. The zero-order chi connectivity index (χ0) is 16.8. The topological polar surface area (TPSA) is 97.4 Å². The molecule has 0 aliphatic carbocycles. The maximum absolute atomic E-state index is 12.1.